The van der Waals surface area contributed by atoms with Crippen molar-refractivity contribution in [1.82, 2.24) is 0 Å². The van der Waals surface area contributed by atoms with Gasteiger partial charge in [-0.2, -0.15) is 16.8 Å². The molecule has 0 fully saturated rings. The van der Waals surface area contributed by atoms with Crippen molar-refractivity contribution in [2.45, 2.75) is 75.5 Å². The molecule has 0 heterocycles. The van der Waals surface area contributed by atoms with Crippen LogP contribution in [0, 0.1) is 0 Å². The summed E-state index contributed by atoms with van der Waals surface area (Å²) in [6.07, 6.45) is 10.4. The molecule has 0 radical (unpaired) electrons. The van der Waals surface area contributed by atoms with Crippen LogP contribution in [0.4, 0.5) is 0 Å². The average Bonchev–Trinajstić information content (AvgIpc) is 2.54. The fraction of sp³-hybridized carbons (Fsp3) is 0.667. The van der Waals surface area contributed by atoms with Crippen LogP contribution in [0.15, 0.2) is 29.2 Å². The molecule has 150 valence electrons. The fourth-order valence-electron chi connectivity index (χ4n) is 2.98. The molecule has 2 N–H and O–H groups in total. The highest BCUT2D eigenvalue weighted by Crippen LogP contribution is 2.18. The summed E-state index contributed by atoms with van der Waals surface area (Å²) in [5.41, 5.74) is 0.667. The van der Waals surface area contributed by atoms with Crippen molar-refractivity contribution in [3.8, 4) is 0 Å². The molecule has 0 unspecified atom stereocenters. The van der Waals surface area contributed by atoms with Gasteiger partial charge in [0.05, 0.1) is 10.6 Å². The standard InChI is InChI=1S/C18H30O6S2/c19-25(20,21)16-12-8-6-4-2-1-3-5-7-9-13-17-14-10-11-15-18(17)26(22,23)24/h10-11,14-15H,1-9,12-13,16H2,(H,19,20,21)(H,22,23,24). The van der Waals surface area contributed by atoms with Crippen molar-refractivity contribution in [1.29, 1.82) is 0 Å². The molecule has 0 bridgehead atoms. The molecule has 0 aliphatic heterocycles. The van der Waals surface area contributed by atoms with Gasteiger partial charge in [0, 0.05) is 0 Å². The molecule has 1 rings (SSSR count). The number of hydrogen-bond acceptors (Lipinski definition) is 4. The first-order chi connectivity index (χ1) is 12.2. The number of rotatable bonds is 14. The van der Waals surface area contributed by atoms with Crippen molar-refractivity contribution in [3.05, 3.63) is 29.8 Å². The maximum Gasteiger partial charge on any atom is 0.294 e. The molecule has 6 nitrogen and oxygen atoms in total. The van der Waals surface area contributed by atoms with Crippen LogP contribution in [-0.4, -0.2) is 31.7 Å². The molecular weight excluding hydrogens is 376 g/mol. The van der Waals surface area contributed by atoms with Gasteiger partial charge in [0.25, 0.3) is 20.2 Å². The predicted molar refractivity (Wildman–Crippen MR) is 103 cm³/mol. The molecule has 0 aromatic heterocycles. The summed E-state index contributed by atoms with van der Waals surface area (Å²) in [5.74, 6) is -0.145. The zero-order chi connectivity index (χ0) is 19.5. The second-order valence-electron chi connectivity index (χ2n) is 6.65. The van der Waals surface area contributed by atoms with Gasteiger partial charge < -0.3 is 0 Å². The van der Waals surface area contributed by atoms with E-state index in [1.807, 2.05) is 0 Å². The van der Waals surface area contributed by atoms with E-state index < -0.39 is 20.2 Å². The highest BCUT2D eigenvalue weighted by Gasteiger charge is 2.13. The first-order valence-corrected chi connectivity index (χ1v) is 12.3. The highest BCUT2D eigenvalue weighted by molar-refractivity contribution is 7.86. The lowest BCUT2D eigenvalue weighted by atomic mass is 10.0. The molecule has 0 spiro atoms. The number of benzene rings is 1. The Morgan fingerprint density at radius 3 is 1.62 bits per heavy atom. The first-order valence-electron chi connectivity index (χ1n) is 9.21. The van der Waals surface area contributed by atoms with Crippen molar-refractivity contribution in [3.63, 3.8) is 0 Å². The monoisotopic (exact) mass is 406 g/mol. The van der Waals surface area contributed by atoms with Crippen LogP contribution in [0.2, 0.25) is 0 Å². The van der Waals surface area contributed by atoms with Gasteiger partial charge in [0.1, 0.15) is 0 Å². The molecule has 1 aromatic carbocycles. The minimum atomic E-state index is -4.15. The van der Waals surface area contributed by atoms with Gasteiger partial charge in [-0.25, -0.2) is 0 Å². The van der Waals surface area contributed by atoms with Crippen LogP contribution in [0.1, 0.15) is 69.8 Å². The van der Waals surface area contributed by atoms with E-state index in [1.165, 1.54) is 6.07 Å². The third-order valence-electron chi connectivity index (χ3n) is 4.35. The Morgan fingerprint density at radius 2 is 1.12 bits per heavy atom. The van der Waals surface area contributed by atoms with Crippen LogP contribution in [-0.2, 0) is 26.7 Å². The SMILES string of the molecule is O=S(=O)(O)CCCCCCCCCCCCc1ccccc1S(=O)(=O)O. The molecule has 0 atom stereocenters. The lowest BCUT2D eigenvalue weighted by Crippen LogP contribution is -2.03. The van der Waals surface area contributed by atoms with Gasteiger partial charge in [-0.1, -0.05) is 69.6 Å². The zero-order valence-corrected chi connectivity index (χ0v) is 16.8. The molecule has 8 heteroatoms. The molecule has 0 amide bonds. The van der Waals surface area contributed by atoms with Gasteiger partial charge in [-0.15, -0.1) is 0 Å². The van der Waals surface area contributed by atoms with E-state index in [9.17, 15) is 21.4 Å². The van der Waals surface area contributed by atoms with E-state index in [4.69, 9.17) is 4.55 Å². The minimum Gasteiger partial charge on any atom is -0.286 e. The summed E-state index contributed by atoms with van der Waals surface area (Å²) in [4.78, 5) is 0.00833. The third-order valence-corrected chi connectivity index (χ3v) is 6.11. The predicted octanol–water partition coefficient (Wildman–Crippen LogP) is 4.26. The number of unbranched alkanes of at least 4 members (excludes halogenated alkanes) is 9. The molecule has 1 aromatic rings. The van der Waals surface area contributed by atoms with Gasteiger partial charge >= 0.3 is 0 Å². The summed E-state index contributed by atoms with van der Waals surface area (Å²) < 4.78 is 61.6. The van der Waals surface area contributed by atoms with E-state index in [2.05, 4.69) is 0 Å². The highest BCUT2D eigenvalue weighted by atomic mass is 32.2. The van der Waals surface area contributed by atoms with E-state index in [0.717, 1.165) is 57.8 Å². The lowest BCUT2D eigenvalue weighted by Gasteiger charge is -2.07. The molecular formula is C18H30O6S2. The van der Waals surface area contributed by atoms with Gasteiger partial charge in [0.2, 0.25) is 0 Å². The molecule has 0 aliphatic carbocycles. The maximum absolute atomic E-state index is 11.3. The Labute approximate surface area is 157 Å². The quantitative estimate of drug-likeness (QED) is 0.353. The van der Waals surface area contributed by atoms with Crippen LogP contribution in [0.5, 0.6) is 0 Å². The van der Waals surface area contributed by atoms with Gasteiger partial charge in [-0.05, 0) is 30.9 Å². The van der Waals surface area contributed by atoms with Crippen molar-refractivity contribution < 1.29 is 25.9 Å². The molecule has 0 saturated carbocycles. The molecule has 0 saturated heterocycles. The second kappa shape index (κ2) is 11.7. The normalized spacial score (nSPS) is 12.4. The molecule has 26 heavy (non-hydrogen) atoms. The fourth-order valence-corrected chi connectivity index (χ4v) is 4.30. The maximum atomic E-state index is 11.3. The van der Waals surface area contributed by atoms with E-state index in [1.54, 1.807) is 18.2 Å². The summed E-state index contributed by atoms with van der Waals surface area (Å²) >= 11 is 0. The van der Waals surface area contributed by atoms with E-state index >= 15 is 0 Å². The van der Waals surface area contributed by atoms with Crippen molar-refractivity contribution in [2.24, 2.45) is 0 Å². The van der Waals surface area contributed by atoms with Crippen LogP contribution < -0.4 is 0 Å². The van der Waals surface area contributed by atoms with E-state index in [-0.39, 0.29) is 10.6 Å². The summed E-state index contributed by atoms with van der Waals surface area (Å²) in [6.45, 7) is 0. The summed E-state index contributed by atoms with van der Waals surface area (Å²) in [5, 5.41) is 0. The second-order valence-corrected chi connectivity index (χ2v) is 9.62. The first kappa shape index (κ1) is 23.1. The Bertz CT molecular complexity index is 726. The third kappa shape index (κ3) is 10.9. The minimum absolute atomic E-state index is 0.00833. The Kier molecular flexibility index (Phi) is 10.4. The van der Waals surface area contributed by atoms with Crippen molar-refractivity contribution >= 4 is 20.2 Å². The van der Waals surface area contributed by atoms with E-state index in [0.29, 0.717) is 18.4 Å². The smallest absolute Gasteiger partial charge is 0.286 e. The average molecular weight is 407 g/mol. The summed E-state index contributed by atoms with van der Waals surface area (Å²) in [6, 6.07) is 6.56. The Morgan fingerprint density at radius 1 is 0.654 bits per heavy atom. The van der Waals surface area contributed by atoms with Crippen molar-refractivity contribution in [2.75, 3.05) is 5.75 Å². The Hall–Kier alpha value is -0.960. The lowest BCUT2D eigenvalue weighted by molar-refractivity contribution is 0.477. The topological polar surface area (TPSA) is 109 Å². The van der Waals surface area contributed by atoms with Crippen LogP contribution in [0.3, 0.4) is 0 Å². The molecule has 0 aliphatic rings. The Balaban J connectivity index is 2.04. The van der Waals surface area contributed by atoms with Crippen LogP contribution in [0.25, 0.3) is 0 Å². The number of hydrogen-bond donors (Lipinski definition) is 2. The zero-order valence-electron chi connectivity index (χ0n) is 15.1. The number of aryl methyl sites for hydroxylation is 1. The summed E-state index contributed by atoms with van der Waals surface area (Å²) in [7, 11) is -7.97. The van der Waals surface area contributed by atoms with Gasteiger partial charge in [-0.3, -0.25) is 9.11 Å². The van der Waals surface area contributed by atoms with Gasteiger partial charge in [0.15, 0.2) is 0 Å². The van der Waals surface area contributed by atoms with Crippen LogP contribution >= 0.6 is 0 Å². The largest absolute Gasteiger partial charge is 0.294 e.